The van der Waals surface area contributed by atoms with E-state index in [0.29, 0.717) is 17.2 Å². The predicted molar refractivity (Wildman–Crippen MR) is 122 cm³/mol. The summed E-state index contributed by atoms with van der Waals surface area (Å²) in [6.07, 6.45) is -5.26. The summed E-state index contributed by atoms with van der Waals surface area (Å²) in [5, 5.41) is 12.8. The largest absolute Gasteiger partial charge is 0.416 e. The van der Waals surface area contributed by atoms with Crippen LogP contribution < -0.4 is 11.1 Å². The van der Waals surface area contributed by atoms with Gasteiger partial charge in [-0.1, -0.05) is 29.8 Å². The second-order valence-corrected chi connectivity index (χ2v) is 7.87. The molecule has 34 heavy (non-hydrogen) atoms. The SMILES string of the molecule is [2H]C([2H])([2H])c1nc(-c2ccc(NC(=O)[C@H](O)c3cccc(C(F)(F)F)c3)cc2C)c2c(N)ncc(Cl)n12. The fourth-order valence-electron chi connectivity index (χ4n) is 3.55. The number of nitrogens with two attached hydrogens (primary N) is 1. The van der Waals surface area contributed by atoms with Crippen molar-refractivity contribution in [2.45, 2.75) is 26.1 Å². The number of hydrogen-bond acceptors (Lipinski definition) is 5. The number of aryl methyl sites for hydroxylation is 2. The zero-order chi connectivity index (χ0) is 27.3. The summed E-state index contributed by atoms with van der Waals surface area (Å²) in [6.45, 7) is -0.942. The van der Waals surface area contributed by atoms with Crippen LogP contribution in [-0.2, 0) is 11.0 Å². The first-order valence-corrected chi connectivity index (χ1v) is 10.2. The summed E-state index contributed by atoms with van der Waals surface area (Å²) in [4.78, 5) is 20.8. The van der Waals surface area contributed by atoms with E-state index in [0.717, 1.165) is 12.1 Å². The Morgan fingerprint density at radius 2 is 2.06 bits per heavy atom. The van der Waals surface area contributed by atoms with Gasteiger partial charge in [-0.2, -0.15) is 13.2 Å². The Labute approximate surface area is 201 Å². The molecule has 7 nitrogen and oxygen atoms in total. The van der Waals surface area contributed by atoms with E-state index in [1.807, 2.05) is 0 Å². The van der Waals surface area contributed by atoms with Gasteiger partial charge < -0.3 is 16.2 Å². The van der Waals surface area contributed by atoms with Gasteiger partial charge in [-0.05, 0) is 49.2 Å². The normalized spacial score (nSPS) is 14.4. The average molecular weight is 493 g/mol. The third-order valence-electron chi connectivity index (χ3n) is 5.17. The number of amides is 1. The molecular formula is C23H19ClF3N5O2. The summed E-state index contributed by atoms with van der Waals surface area (Å²) in [5.74, 6) is -1.25. The number of carbonyl (C=O) groups is 1. The molecule has 4 N–H and O–H groups in total. The van der Waals surface area contributed by atoms with Crippen molar-refractivity contribution in [3.63, 3.8) is 0 Å². The number of hydrogen-bond donors (Lipinski definition) is 3. The summed E-state index contributed by atoms with van der Waals surface area (Å²) < 4.78 is 63.6. The third-order valence-corrected chi connectivity index (χ3v) is 5.44. The molecule has 2 heterocycles. The molecule has 4 aromatic rings. The number of benzene rings is 2. The monoisotopic (exact) mass is 492 g/mol. The van der Waals surface area contributed by atoms with Crippen LogP contribution in [-0.4, -0.2) is 25.4 Å². The Balaban J connectivity index is 1.67. The molecule has 0 aliphatic carbocycles. The van der Waals surface area contributed by atoms with Crippen molar-refractivity contribution in [2.75, 3.05) is 11.1 Å². The van der Waals surface area contributed by atoms with Crippen molar-refractivity contribution in [3.05, 3.63) is 76.3 Å². The first-order chi connectivity index (χ1) is 17.2. The Hall–Kier alpha value is -3.63. The molecule has 2 aromatic heterocycles. The summed E-state index contributed by atoms with van der Waals surface area (Å²) >= 11 is 6.20. The molecule has 1 atom stereocenters. The molecule has 0 aliphatic heterocycles. The van der Waals surface area contributed by atoms with E-state index in [4.69, 9.17) is 21.4 Å². The lowest BCUT2D eigenvalue weighted by Crippen LogP contribution is -2.21. The van der Waals surface area contributed by atoms with Crippen molar-refractivity contribution in [1.29, 1.82) is 0 Å². The lowest BCUT2D eigenvalue weighted by Gasteiger charge is -2.15. The van der Waals surface area contributed by atoms with E-state index in [2.05, 4.69) is 15.3 Å². The zero-order valence-corrected chi connectivity index (χ0v) is 18.2. The molecule has 0 saturated carbocycles. The maximum absolute atomic E-state index is 13.0. The van der Waals surface area contributed by atoms with Crippen molar-refractivity contribution >= 4 is 34.5 Å². The number of aliphatic hydroxyl groups is 1. The zero-order valence-electron chi connectivity index (χ0n) is 20.5. The second kappa shape index (κ2) is 8.62. The number of aliphatic hydroxyl groups excluding tert-OH is 1. The smallest absolute Gasteiger partial charge is 0.382 e. The summed E-state index contributed by atoms with van der Waals surface area (Å²) in [5.41, 5.74) is 6.46. The molecule has 0 spiro atoms. The highest BCUT2D eigenvalue weighted by molar-refractivity contribution is 6.29. The molecule has 0 saturated heterocycles. The van der Waals surface area contributed by atoms with E-state index in [-0.39, 0.29) is 39.3 Å². The molecule has 1 amide bonds. The van der Waals surface area contributed by atoms with Gasteiger partial charge in [0.2, 0.25) is 0 Å². The molecule has 176 valence electrons. The average Bonchev–Trinajstić information content (AvgIpc) is 3.23. The minimum absolute atomic E-state index is 0.000748. The Morgan fingerprint density at radius 1 is 1.29 bits per heavy atom. The number of aromatic nitrogens is 3. The molecule has 2 aromatic carbocycles. The van der Waals surface area contributed by atoms with Crippen LogP contribution in [0.15, 0.2) is 48.7 Å². The van der Waals surface area contributed by atoms with Gasteiger partial charge in [-0.3, -0.25) is 9.20 Å². The predicted octanol–water partition coefficient (Wildman–Crippen LogP) is 4.94. The second-order valence-electron chi connectivity index (χ2n) is 7.48. The van der Waals surface area contributed by atoms with Gasteiger partial charge >= 0.3 is 6.18 Å². The quantitative estimate of drug-likeness (QED) is 0.374. The number of anilines is 2. The van der Waals surface area contributed by atoms with Crippen LogP contribution in [0.25, 0.3) is 16.8 Å². The van der Waals surface area contributed by atoms with E-state index in [1.54, 1.807) is 13.0 Å². The van der Waals surface area contributed by atoms with E-state index in [1.165, 1.54) is 28.8 Å². The molecule has 0 aliphatic rings. The molecule has 0 unspecified atom stereocenters. The Bertz CT molecular complexity index is 1520. The topological polar surface area (TPSA) is 106 Å². The minimum atomic E-state index is -4.63. The van der Waals surface area contributed by atoms with Crippen molar-refractivity contribution in [3.8, 4) is 11.3 Å². The maximum atomic E-state index is 13.0. The number of nitrogens with one attached hydrogen (secondary N) is 1. The number of fused-ring (bicyclic) bond motifs is 1. The van der Waals surface area contributed by atoms with Crippen molar-refractivity contribution in [1.82, 2.24) is 14.4 Å². The standard InChI is InChI=1S/C23H19ClF3N5O2/c1-11-8-15(31-22(34)20(33)13-4-3-5-14(9-13)23(25,26)27)6-7-16(11)18-19-21(28)29-10-17(24)32(19)12(2)30-18/h3-10,20,33H,1-2H3,(H2,28,29)(H,31,34)/t20-/m1/s1/i2D3. The number of imidazole rings is 1. The number of nitrogen functional groups attached to an aromatic ring is 1. The molecular weight excluding hydrogens is 471 g/mol. The number of nitrogens with zero attached hydrogens (tertiary/aromatic N) is 3. The number of rotatable bonds is 4. The molecule has 4 rings (SSSR count). The fraction of sp³-hybridized carbons (Fsp3) is 0.174. The van der Waals surface area contributed by atoms with Gasteiger partial charge in [-0.15, -0.1) is 0 Å². The molecule has 11 heteroatoms. The number of carbonyl (C=O) groups excluding carboxylic acids is 1. The first-order valence-electron chi connectivity index (χ1n) is 11.3. The fourth-order valence-corrected chi connectivity index (χ4v) is 3.76. The minimum Gasteiger partial charge on any atom is -0.382 e. The molecule has 0 fully saturated rings. The van der Waals surface area contributed by atoms with Gasteiger partial charge in [0.15, 0.2) is 6.10 Å². The van der Waals surface area contributed by atoms with Crippen LogP contribution in [0.2, 0.25) is 5.15 Å². The van der Waals surface area contributed by atoms with Gasteiger partial charge in [0, 0.05) is 15.4 Å². The van der Waals surface area contributed by atoms with Gasteiger partial charge in [0.05, 0.1) is 11.8 Å². The highest BCUT2D eigenvalue weighted by atomic mass is 35.5. The number of halogens is 4. The van der Waals surface area contributed by atoms with Gasteiger partial charge in [0.25, 0.3) is 5.91 Å². The molecule has 0 bridgehead atoms. The van der Waals surface area contributed by atoms with E-state index >= 15 is 0 Å². The van der Waals surface area contributed by atoms with Crippen LogP contribution in [0, 0.1) is 13.8 Å². The Morgan fingerprint density at radius 3 is 2.74 bits per heavy atom. The highest BCUT2D eigenvalue weighted by Gasteiger charge is 2.31. The maximum Gasteiger partial charge on any atom is 0.416 e. The number of alkyl halides is 3. The van der Waals surface area contributed by atoms with E-state index < -0.39 is 30.6 Å². The van der Waals surface area contributed by atoms with Crippen LogP contribution in [0.3, 0.4) is 0 Å². The third kappa shape index (κ3) is 4.29. The Kier molecular flexibility index (Phi) is 5.02. The van der Waals surface area contributed by atoms with Gasteiger partial charge in [0.1, 0.15) is 28.0 Å². The summed E-state index contributed by atoms with van der Waals surface area (Å²) in [6, 6.07) is 8.39. The lowest BCUT2D eigenvalue weighted by atomic mass is 10.0. The first kappa shape index (κ1) is 19.8. The van der Waals surface area contributed by atoms with Crippen LogP contribution in [0.5, 0.6) is 0 Å². The van der Waals surface area contributed by atoms with Crippen LogP contribution in [0.4, 0.5) is 24.7 Å². The van der Waals surface area contributed by atoms with Crippen LogP contribution in [0.1, 0.15) is 32.7 Å². The lowest BCUT2D eigenvalue weighted by molar-refractivity contribution is -0.138. The van der Waals surface area contributed by atoms with Gasteiger partial charge in [-0.25, -0.2) is 9.97 Å². The van der Waals surface area contributed by atoms with Crippen molar-refractivity contribution < 1.29 is 27.2 Å². The van der Waals surface area contributed by atoms with Crippen LogP contribution >= 0.6 is 11.6 Å². The van der Waals surface area contributed by atoms with Crippen molar-refractivity contribution in [2.24, 2.45) is 0 Å². The highest BCUT2D eigenvalue weighted by Crippen LogP contribution is 2.34. The summed E-state index contributed by atoms with van der Waals surface area (Å²) in [7, 11) is 0. The molecule has 0 radical (unpaired) electrons. The van der Waals surface area contributed by atoms with E-state index in [9.17, 15) is 23.1 Å².